The number of rotatable bonds is 8. The molecule has 0 heterocycles. The number of anilines is 1. The van der Waals surface area contributed by atoms with E-state index in [0.717, 1.165) is 0 Å². The summed E-state index contributed by atoms with van der Waals surface area (Å²) in [5.74, 6) is 0.999. The largest absolute Gasteiger partial charge is 0.495 e. The molecular weight excluding hydrogens is 422 g/mol. The second-order valence-electron chi connectivity index (χ2n) is 6.01. The molecule has 0 aromatic heterocycles. The normalized spacial score (nSPS) is 11.7. The topological polar surface area (TPSA) is 134 Å². The molecule has 0 aliphatic rings. The van der Waals surface area contributed by atoms with E-state index in [1.165, 1.54) is 25.3 Å². The molecule has 10 nitrogen and oxygen atoms in total. The number of azo groups is 1. The Morgan fingerprint density at radius 3 is 2.26 bits per heavy atom. The van der Waals surface area contributed by atoms with Crippen LogP contribution in [0, 0.1) is 0 Å². The lowest BCUT2D eigenvalue weighted by Gasteiger charge is -2.07. The highest BCUT2D eigenvalue weighted by Crippen LogP contribution is 2.33. The van der Waals surface area contributed by atoms with E-state index in [0.29, 0.717) is 28.6 Å². The van der Waals surface area contributed by atoms with Crippen molar-refractivity contribution in [3.63, 3.8) is 0 Å². The monoisotopic (exact) mass is 441 g/mol. The zero-order chi connectivity index (χ0) is 22.3. The highest BCUT2D eigenvalue weighted by molar-refractivity contribution is 7.86. The maximum Gasteiger partial charge on any atom is 0.296 e. The van der Waals surface area contributed by atoms with Crippen molar-refractivity contribution in [3.8, 4) is 11.5 Å². The van der Waals surface area contributed by atoms with Gasteiger partial charge in [0.05, 0.1) is 25.6 Å². The third-order valence-electron chi connectivity index (χ3n) is 4.01. The van der Waals surface area contributed by atoms with Crippen molar-refractivity contribution >= 4 is 32.9 Å². The number of nitrogens with zero attached hydrogens (tertiary/aromatic N) is 4. The van der Waals surface area contributed by atoms with Crippen LogP contribution in [-0.4, -0.2) is 27.2 Å². The molecule has 0 saturated heterocycles. The fourth-order valence-corrected chi connectivity index (χ4v) is 3.17. The van der Waals surface area contributed by atoms with Crippen molar-refractivity contribution < 1.29 is 22.4 Å². The van der Waals surface area contributed by atoms with Gasteiger partial charge in [0.15, 0.2) is 0 Å². The maximum atomic E-state index is 11.5. The lowest BCUT2D eigenvalue weighted by atomic mass is 10.2. The van der Waals surface area contributed by atoms with Crippen molar-refractivity contribution in [3.05, 3.63) is 66.7 Å². The van der Waals surface area contributed by atoms with E-state index in [1.54, 1.807) is 43.5 Å². The Balaban J connectivity index is 1.80. The summed E-state index contributed by atoms with van der Waals surface area (Å²) in [4.78, 5) is -0.335. The van der Waals surface area contributed by atoms with Crippen LogP contribution in [0.2, 0.25) is 0 Å². The van der Waals surface area contributed by atoms with Gasteiger partial charge in [-0.25, -0.2) is 0 Å². The molecule has 3 rings (SSSR count). The van der Waals surface area contributed by atoms with Gasteiger partial charge in [0, 0.05) is 6.07 Å². The zero-order valence-corrected chi connectivity index (χ0v) is 17.4. The highest BCUT2D eigenvalue weighted by atomic mass is 32.2. The van der Waals surface area contributed by atoms with Gasteiger partial charge in [-0.1, -0.05) is 29.5 Å². The van der Waals surface area contributed by atoms with E-state index in [-0.39, 0.29) is 10.6 Å². The number of nitrogens with one attached hydrogen (secondary N) is 1. The number of para-hydroxylation sites is 2. The average Bonchev–Trinajstić information content (AvgIpc) is 2.78. The first-order chi connectivity index (χ1) is 14.9. The van der Waals surface area contributed by atoms with Crippen LogP contribution in [0.25, 0.3) is 0 Å². The van der Waals surface area contributed by atoms with Gasteiger partial charge in [0.2, 0.25) is 0 Å². The Hall–Kier alpha value is -3.83. The molecule has 0 aliphatic heterocycles. The number of methoxy groups -OCH3 is 2. The Bertz CT molecular complexity index is 1230. The fraction of sp³-hybridized carbons (Fsp3) is 0.100. The third kappa shape index (κ3) is 5.62. The van der Waals surface area contributed by atoms with Crippen LogP contribution in [0.15, 0.2) is 92.2 Å². The van der Waals surface area contributed by atoms with Crippen LogP contribution in [0.4, 0.5) is 22.7 Å². The minimum Gasteiger partial charge on any atom is -0.495 e. The van der Waals surface area contributed by atoms with Crippen LogP contribution in [0.5, 0.6) is 11.5 Å². The number of hydrogen-bond acceptors (Lipinski definition) is 8. The summed E-state index contributed by atoms with van der Waals surface area (Å²) in [7, 11) is -1.39. The number of hydrogen-bond donors (Lipinski definition) is 2. The molecule has 31 heavy (non-hydrogen) atoms. The molecule has 0 unspecified atom stereocenters. The summed E-state index contributed by atoms with van der Waals surface area (Å²) in [5, 5.41) is 16.0. The molecule has 0 amide bonds. The lowest BCUT2D eigenvalue weighted by Crippen LogP contribution is -1.97. The zero-order valence-electron chi connectivity index (χ0n) is 16.6. The van der Waals surface area contributed by atoms with Gasteiger partial charge in [0.25, 0.3) is 10.1 Å². The van der Waals surface area contributed by atoms with E-state index in [1.807, 2.05) is 12.1 Å². The van der Waals surface area contributed by atoms with Crippen molar-refractivity contribution in [2.45, 2.75) is 4.90 Å². The maximum absolute atomic E-state index is 11.5. The molecule has 0 atom stereocenters. The summed E-state index contributed by atoms with van der Waals surface area (Å²) < 4.78 is 42.8. The van der Waals surface area contributed by atoms with Crippen molar-refractivity contribution in [1.82, 2.24) is 0 Å². The lowest BCUT2D eigenvalue weighted by molar-refractivity contribution is 0.415. The van der Waals surface area contributed by atoms with Crippen LogP contribution < -0.4 is 14.9 Å². The Morgan fingerprint density at radius 1 is 0.806 bits per heavy atom. The Kier molecular flexibility index (Phi) is 6.90. The van der Waals surface area contributed by atoms with E-state index in [9.17, 15) is 13.0 Å². The van der Waals surface area contributed by atoms with Crippen molar-refractivity contribution in [1.29, 1.82) is 0 Å². The van der Waals surface area contributed by atoms with Gasteiger partial charge in [-0.3, -0.25) is 9.98 Å². The molecule has 3 aromatic rings. The molecule has 0 saturated carbocycles. The first kappa shape index (κ1) is 21.9. The Labute approximate surface area is 179 Å². The van der Waals surface area contributed by atoms with Gasteiger partial charge in [-0.15, -0.1) is 10.2 Å². The summed E-state index contributed by atoms with van der Waals surface area (Å²) in [6.07, 6.45) is 0. The minimum absolute atomic E-state index is 0.00809. The van der Waals surface area contributed by atoms with Crippen molar-refractivity contribution in [2.24, 2.45) is 20.6 Å². The van der Waals surface area contributed by atoms with E-state index in [2.05, 4.69) is 26.0 Å². The summed E-state index contributed by atoms with van der Waals surface area (Å²) in [5.41, 5.74) is 4.28. The van der Waals surface area contributed by atoms with E-state index < -0.39 is 10.1 Å². The quantitative estimate of drug-likeness (QED) is 0.270. The van der Waals surface area contributed by atoms with Crippen molar-refractivity contribution in [2.75, 3.05) is 19.6 Å². The van der Waals surface area contributed by atoms with Gasteiger partial charge in [0.1, 0.15) is 27.8 Å². The van der Waals surface area contributed by atoms with E-state index >= 15 is 0 Å². The van der Waals surface area contributed by atoms with Crippen LogP contribution >= 0.6 is 0 Å². The predicted molar refractivity (Wildman–Crippen MR) is 115 cm³/mol. The molecule has 0 fully saturated rings. The van der Waals surface area contributed by atoms with Crippen LogP contribution in [0.3, 0.4) is 0 Å². The van der Waals surface area contributed by atoms with Crippen LogP contribution in [0.1, 0.15) is 0 Å². The summed E-state index contributed by atoms with van der Waals surface area (Å²) in [6.45, 7) is 0. The van der Waals surface area contributed by atoms with Crippen LogP contribution in [-0.2, 0) is 10.1 Å². The molecule has 0 aliphatic carbocycles. The Morgan fingerprint density at radius 2 is 1.52 bits per heavy atom. The smallest absolute Gasteiger partial charge is 0.296 e. The van der Waals surface area contributed by atoms with Gasteiger partial charge >= 0.3 is 0 Å². The second-order valence-corrected chi connectivity index (χ2v) is 7.40. The SMILES string of the molecule is COc1cc(N=Nc2ccccc2S(=O)(=O)O)ccc1N=NNc1ccccc1OC. The third-order valence-corrected chi connectivity index (χ3v) is 4.92. The predicted octanol–water partition coefficient (Wildman–Crippen LogP) is 5.48. The first-order valence-corrected chi connectivity index (χ1v) is 10.3. The molecule has 0 spiro atoms. The molecule has 0 radical (unpaired) electrons. The average molecular weight is 441 g/mol. The molecule has 11 heteroatoms. The first-order valence-electron chi connectivity index (χ1n) is 8.88. The molecular formula is C20H19N5O5S. The molecule has 3 aromatic carbocycles. The van der Waals surface area contributed by atoms with Gasteiger partial charge in [-0.2, -0.15) is 13.5 Å². The summed E-state index contributed by atoms with van der Waals surface area (Å²) in [6, 6.07) is 17.8. The minimum atomic E-state index is -4.42. The van der Waals surface area contributed by atoms with Gasteiger partial charge in [-0.05, 0) is 36.4 Å². The second kappa shape index (κ2) is 9.78. The number of benzene rings is 3. The standard InChI is InChI=1S/C20H19N5O5S/c1-29-18-9-5-3-7-15(18)23-25-24-16-12-11-14(13-19(16)30-2)21-22-17-8-4-6-10-20(17)31(26,27)28/h3-13H,1-2H3,(H,23,24)(H,26,27,28). The highest BCUT2D eigenvalue weighted by Gasteiger charge is 2.14. The molecule has 2 N–H and O–H groups in total. The summed E-state index contributed by atoms with van der Waals surface area (Å²) >= 11 is 0. The van der Waals surface area contributed by atoms with E-state index in [4.69, 9.17) is 9.47 Å². The number of ether oxygens (including phenoxy) is 2. The molecule has 160 valence electrons. The molecule has 0 bridgehead atoms. The fourth-order valence-electron chi connectivity index (χ4n) is 2.55. The van der Waals surface area contributed by atoms with Gasteiger partial charge < -0.3 is 9.47 Å².